The van der Waals surface area contributed by atoms with Crippen LogP contribution < -0.4 is 15.4 Å². The predicted octanol–water partition coefficient (Wildman–Crippen LogP) is 5.46. The van der Waals surface area contributed by atoms with E-state index < -0.39 is 36.2 Å². The van der Waals surface area contributed by atoms with E-state index in [1.54, 1.807) is 6.08 Å². The highest BCUT2D eigenvalue weighted by Crippen LogP contribution is 2.32. The molecule has 1 aromatic carbocycles. The first kappa shape index (κ1) is 27.3. The Kier molecular flexibility index (Phi) is 8.90. The summed E-state index contributed by atoms with van der Waals surface area (Å²) in [4.78, 5) is 17.5. The lowest BCUT2D eigenvalue weighted by Crippen LogP contribution is -2.20. The average Bonchev–Trinajstić information content (AvgIpc) is 3.36. The number of anilines is 1. The maximum absolute atomic E-state index is 14.0. The van der Waals surface area contributed by atoms with E-state index in [-0.39, 0.29) is 30.3 Å². The van der Waals surface area contributed by atoms with E-state index in [4.69, 9.17) is 9.47 Å². The minimum absolute atomic E-state index is 0.0146. The SMILES string of the molecule is C=C/C=C/N/C(=C\C=C\COCC(F)F)C(=O)c1cnn2c1NCc1cc(Oc3c(F)cccc3F)ncc1-2. The number of para-hydroxylation sites is 1. The molecule has 4 rings (SSSR count). The second kappa shape index (κ2) is 12.7. The quantitative estimate of drug-likeness (QED) is 0.104. The van der Waals surface area contributed by atoms with Crippen molar-refractivity contribution in [3.8, 4) is 17.3 Å². The van der Waals surface area contributed by atoms with Crippen molar-refractivity contribution in [2.24, 2.45) is 0 Å². The van der Waals surface area contributed by atoms with Crippen molar-refractivity contribution in [3.05, 3.63) is 108 Å². The van der Waals surface area contributed by atoms with Crippen molar-refractivity contribution < 1.29 is 31.8 Å². The van der Waals surface area contributed by atoms with Crippen molar-refractivity contribution in [3.63, 3.8) is 0 Å². The van der Waals surface area contributed by atoms with Gasteiger partial charge in [-0.15, -0.1) is 0 Å². The Labute approximate surface area is 221 Å². The van der Waals surface area contributed by atoms with Gasteiger partial charge in [-0.05, 0) is 24.3 Å². The Balaban J connectivity index is 1.55. The number of ether oxygens (including phenoxy) is 2. The number of aromatic nitrogens is 3. The van der Waals surface area contributed by atoms with Gasteiger partial charge in [0.1, 0.15) is 12.4 Å². The number of Topliss-reactive ketones (excluding diaryl/α,β-unsaturated/α-hetero) is 1. The summed E-state index contributed by atoms with van der Waals surface area (Å²) >= 11 is 0. The van der Waals surface area contributed by atoms with Gasteiger partial charge in [-0.3, -0.25) is 4.79 Å². The largest absolute Gasteiger partial charge is 0.433 e. The molecule has 0 bridgehead atoms. The normalized spacial score (nSPS) is 12.9. The molecule has 0 unspecified atom stereocenters. The van der Waals surface area contributed by atoms with Gasteiger partial charge < -0.3 is 20.1 Å². The molecule has 0 amide bonds. The number of hydrogen-bond donors (Lipinski definition) is 2. The smallest absolute Gasteiger partial charge is 0.261 e. The van der Waals surface area contributed by atoms with E-state index in [0.717, 1.165) is 12.1 Å². The topological polar surface area (TPSA) is 90.3 Å². The van der Waals surface area contributed by atoms with E-state index in [1.165, 1.54) is 59.7 Å². The van der Waals surface area contributed by atoms with Gasteiger partial charge in [-0.25, -0.2) is 27.2 Å². The van der Waals surface area contributed by atoms with Crippen LogP contribution in [-0.2, 0) is 11.3 Å². The maximum atomic E-state index is 14.0. The molecule has 1 aliphatic rings. The third-order valence-electron chi connectivity index (χ3n) is 5.33. The number of nitrogens with one attached hydrogen (secondary N) is 2. The number of pyridine rings is 1. The molecule has 0 saturated carbocycles. The Bertz CT molecular complexity index is 1430. The monoisotopic (exact) mass is 541 g/mol. The van der Waals surface area contributed by atoms with Crippen LogP contribution in [-0.4, -0.2) is 40.2 Å². The molecule has 202 valence electrons. The van der Waals surface area contributed by atoms with Gasteiger partial charge in [0.2, 0.25) is 17.4 Å². The lowest BCUT2D eigenvalue weighted by atomic mass is 10.1. The molecule has 0 aliphatic carbocycles. The van der Waals surface area contributed by atoms with Crippen molar-refractivity contribution in [1.82, 2.24) is 20.1 Å². The molecular formula is C27H23F4N5O3. The lowest BCUT2D eigenvalue weighted by molar-refractivity contribution is 0.0286. The molecule has 1 aliphatic heterocycles. The first-order chi connectivity index (χ1) is 18.9. The number of alkyl halides is 2. The molecule has 0 radical (unpaired) electrons. The number of allylic oxidation sites excluding steroid dienone is 5. The van der Waals surface area contributed by atoms with Gasteiger partial charge >= 0.3 is 0 Å². The Morgan fingerprint density at radius 2 is 2.03 bits per heavy atom. The fourth-order valence-corrected chi connectivity index (χ4v) is 3.57. The molecular weight excluding hydrogens is 518 g/mol. The number of carbonyl (C=O) groups excluding carboxylic acids is 1. The van der Waals surface area contributed by atoms with Crippen LogP contribution in [0.2, 0.25) is 0 Å². The molecule has 2 aromatic heterocycles. The number of rotatable bonds is 12. The van der Waals surface area contributed by atoms with Gasteiger partial charge in [-0.2, -0.15) is 5.10 Å². The number of halogens is 4. The number of hydrogen-bond acceptors (Lipinski definition) is 7. The van der Waals surface area contributed by atoms with E-state index in [1.807, 2.05) is 0 Å². The summed E-state index contributed by atoms with van der Waals surface area (Å²) in [6.45, 7) is 3.11. The van der Waals surface area contributed by atoms with Crippen LogP contribution in [0.25, 0.3) is 5.69 Å². The summed E-state index contributed by atoms with van der Waals surface area (Å²) in [5, 5.41) is 10.3. The second-order valence-corrected chi connectivity index (χ2v) is 7.98. The molecule has 8 nitrogen and oxygen atoms in total. The van der Waals surface area contributed by atoms with Crippen LogP contribution in [0.5, 0.6) is 11.6 Å². The molecule has 0 spiro atoms. The average molecular weight is 542 g/mol. The van der Waals surface area contributed by atoms with Crippen LogP contribution in [0.1, 0.15) is 15.9 Å². The molecule has 12 heteroatoms. The molecule has 2 N–H and O–H groups in total. The highest BCUT2D eigenvalue weighted by atomic mass is 19.3. The zero-order chi connectivity index (χ0) is 27.8. The fourth-order valence-electron chi connectivity index (χ4n) is 3.57. The van der Waals surface area contributed by atoms with Crippen molar-refractivity contribution in [1.29, 1.82) is 0 Å². The van der Waals surface area contributed by atoms with Crippen molar-refractivity contribution in [2.75, 3.05) is 18.5 Å². The number of nitrogens with zero attached hydrogens (tertiary/aromatic N) is 3. The maximum Gasteiger partial charge on any atom is 0.261 e. The van der Waals surface area contributed by atoms with Crippen LogP contribution >= 0.6 is 0 Å². The van der Waals surface area contributed by atoms with Gasteiger partial charge in [0, 0.05) is 24.4 Å². The zero-order valence-electron chi connectivity index (χ0n) is 20.4. The third-order valence-corrected chi connectivity index (χ3v) is 5.33. The van der Waals surface area contributed by atoms with E-state index in [0.29, 0.717) is 17.1 Å². The fraction of sp³-hybridized carbons (Fsp3) is 0.148. The summed E-state index contributed by atoms with van der Waals surface area (Å²) < 4.78 is 63.9. The summed E-state index contributed by atoms with van der Waals surface area (Å²) in [5.41, 5.74) is 1.64. The summed E-state index contributed by atoms with van der Waals surface area (Å²) in [6.07, 6.45) is 9.37. The number of ketones is 1. The third kappa shape index (κ3) is 6.60. The minimum Gasteiger partial charge on any atom is -0.433 e. The number of benzene rings is 1. The Morgan fingerprint density at radius 1 is 1.23 bits per heavy atom. The van der Waals surface area contributed by atoms with Gasteiger partial charge in [0.25, 0.3) is 6.43 Å². The molecule has 3 heterocycles. The van der Waals surface area contributed by atoms with Crippen molar-refractivity contribution in [2.45, 2.75) is 13.0 Å². The summed E-state index contributed by atoms with van der Waals surface area (Å²) in [6, 6.07) is 4.91. The summed E-state index contributed by atoms with van der Waals surface area (Å²) in [7, 11) is 0. The lowest BCUT2D eigenvalue weighted by Gasteiger charge is -2.21. The first-order valence-electron chi connectivity index (χ1n) is 11.6. The van der Waals surface area contributed by atoms with Crippen LogP contribution in [0.3, 0.4) is 0 Å². The Morgan fingerprint density at radius 3 is 2.77 bits per heavy atom. The number of carbonyl (C=O) groups is 1. The van der Waals surface area contributed by atoms with E-state index in [9.17, 15) is 22.4 Å². The number of fused-ring (bicyclic) bond motifs is 3. The molecule has 0 saturated heterocycles. The van der Waals surface area contributed by atoms with E-state index in [2.05, 4.69) is 27.3 Å². The van der Waals surface area contributed by atoms with Crippen LogP contribution in [0.4, 0.5) is 23.4 Å². The van der Waals surface area contributed by atoms with Gasteiger partial charge in [0.05, 0.1) is 35.9 Å². The molecule has 0 atom stereocenters. The minimum atomic E-state index is -2.56. The molecule has 3 aromatic rings. The highest BCUT2D eigenvalue weighted by Gasteiger charge is 2.26. The molecule has 39 heavy (non-hydrogen) atoms. The van der Waals surface area contributed by atoms with Gasteiger partial charge in [-0.1, -0.05) is 30.9 Å². The standard InChI is InChI=1S/C27H23F4N5O3/c1-2-3-10-32-21(9-4-5-11-38-16-23(30)31)25(37)18-14-35-36-22-15-33-24(12-17(22)13-34-27(18)36)39-26-19(28)7-6-8-20(26)29/h2-10,12,14-15,23,32,34H,1,11,13,16H2/b5-4+,10-3+,21-9-. The van der Waals surface area contributed by atoms with E-state index >= 15 is 0 Å². The second-order valence-electron chi connectivity index (χ2n) is 7.98. The van der Waals surface area contributed by atoms with Crippen molar-refractivity contribution >= 4 is 11.6 Å². The first-order valence-corrected chi connectivity index (χ1v) is 11.6. The van der Waals surface area contributed by atoms with Gasteiger partial charge in [0.15, 0.2) is 11.6 Å². The Hall–Kier alpha value is -4.71. The predicted molar refractivity (Wildman–Crippen MR) is 136 cm³/mol. The highest BCUT2D eigenvalue weighted by molar-refractivity contribution is 6.11. The van der Waals surface area contributed by atoms with Crippen LogP contribution in [0.15, 0.2) is 85.5 Å². The zero-order valence-corrected chi connectivity index (χ0v) is 20.4. The van der Waals surface area contributed by atoms with Crippen LogP contribution in [0, 0.1) is 11.6 Å². The molecule has 0 fully saturated rings. The summed E-state index contributed by atoms with van der Waals surface area (Å²) in [5.74, 6) is -2.29.